The zero-order valence-electron chi connectivity index (χ0n) is 14.4. The minimum atomic E-state index is 0.587. The Hall–Kier alpha value is -0.830. The quantitative estimate of drug-likeness (QED) is 0.540. The molecule has 122 valence electrons. The van der Waals surface area contributed by atoms with E-state index in [0.29, 0.717) is 6.04 Å². The van der Waals surface area contributed by atoms with Crippen LogP contribution in [0.2, 0.25) is 0 Å². The molecule has 1 aromatic heterocycles. The number of imidazole rings is 1. The fraction of sp³-hybridized carbons (Fsp3) is 0.833. The lowest BCUT2D eigenvalue weighted by Gasteiger charge is -2.18. The number of aromatic nitrogens is 2. The molecule has 0 aliphatic rings. The van der Waals surface area contributed by atoms with E-state index in [2.05, 4.69) is 41.8 Å². The van der Waals surface area contributed by atoms with E-state index >= 15 is 0 Å². The molecule has 0 spiro atoms. The molecule has 0 saturated carbocycles. The lowest BCUT2D eigenvalue weighted by atomic mass is 10.0. The highest BCUT2D eigenvalue weighted by atomic mass is 15.1. The van der Waals surface area contributed by atoms with Crippen LogP contribution in [0.5, 0.6) is 0 Å². The fourth-order valence-electron chi connectivity index (χ4n) is 2.83. The van der Waals surface area contributed by atoms with Crippen LogP contribution in [0.15, 0.2) is 12.4 Å². The van der Waals surface area contributed by atoms with Crippen LogP contribution in [-0.2, 0) is 13.0 Å². The minimum Gasteiger partial charge on any atom is -0.335 e. The van der Waals surface area contributed by atoms with Gasteiger partial charge in [-0.2, -0.15) is 0 Å². The van der Waals surface area contributed by atoms with Crippen LogP contribution in [-0.4, -0.2) is 22.1 Å². The van der Waals surface area contributed by atoms with E-state index in [1.165, 1.54) is 57.2 Å². The predicted molar refractivity (Wildman–Crippen MR) is 91.7 cm³/mol. The van der Waals surface area contributed by atoms with E-state index in [4.69, 9.17) is 0 Å². The second kappa shape index (κ2) is 11.8. The number of hydrogen-bond donors (Lipinski definition) is 1. The average molecular weight is 293 g/mol. The third-order valence-corrected chi connectivity index (χ3v) is 4.16. The van der Waals surface area contributed by atoms with Crippen LogP contribution >= 0.6 is 0 Å². The molecule has 0 aliphatic carbocycles. The molecule has 0 bridgehead atoms. The van der Waals surface area contributed by atoms with Crippen molar-refractivity contribution in [1.82, 2.24) is 14.9 Å². The second-order valence-corrected chi connectivity index (χ2v) is 6.04. The molecule has 3 heteroatoms. The average Bonchev–Trinajstić information content (AvgIpc) is 2.95. The van der Waals surface area contributed by atoms with Crippen molar-refractivity contribution in [1.29, 1.82) is 0 Å². The molecule has 0 aliphatic heterocycles. The van der Waals surface area contributed by atoms with Crippen LogP contribution < -0.4 is 5.32 Å². The summed E-state index contributed by atoms with van der Waals surface area (Å²) >= 11 is 0. The molecule has 0 aromatic carbocycles. The Kier molecular flexibility index (Phi) is 10.2. The fourth-order valence-corrected chi connectivity index (χ4v) is 2.83. The van der Waals surface area contributed by atoms with E-state index in [9.17, 15) is 0 Å². The molecule has 0 saturated heterocycles. The van der Waals surface area contributed by atoms with Gasteiger partial charge in [0, 0.05) is 31.4 Å². The van der Waals surface area contributed by atoms with Gasteiger partial charge in [0.25, 0.3) is 0 Å². The summed E-state index contributed by atoms with van der Waals surface area (Å²) in [7, 11) is 0. The third kappa shape index (κ3) is 7.66. The summed E-state index contributed by atoms with van der Waals surface area (Å²) in [5.41, 5.74) is 0. The number of nitrogens with one attached hydrogen (secondary N) is 1. The van der Waals surface area contributed by atoms with Gasteiger partial charge in [0.2, 0.25) is 0 Å². The SMILES string of the molecule is CCCCCCCCC(Cc1nccn1CC)NCCC. The number of hydrogen-bond acceptors (Lipinski definition) is 2. The number of rotatable bonds is 13. The number of unbranched alkanes of at least 4 members (excludes halogenated alkanes) is 5. The summed E-state index contributed by atoms with van der Waals surface area (Å²) in [5.74, 6) is 1.23. The van der Waals surface area contributed by atoms with Crippen molar-refractivity contribution in [3.05, 3.63) is 18.2 Å². The maximum Gasteiger partial charge on any atom is 0.110 e. The van der Waals surface area contributed by atoms with Gasteiger partial charge in [-0.1, -0.05) is 52.4 Å². The minimum absolute atomic E-state index is 0.587. The zero-order chi connectivity index (χ0) is 15.3. The molecule has 1 atom stereocenters. The highest BCUT2D eigenvalue weighted by Crippen LogP contribution is 2.12. The van der Waals surface area contributed by atoms with Crippen LogP contribution in [0.4, 0.5) is 0 Å². The Morgan fingerprint density at radius 3 is 2.52 bits per heavy atom. The number of nitrogens with zero attached hydrogens (tertiary/aromatic N) is 2. The van der Waals surface area contributed by atoms with Gasteiger partial charge in [-0.05, 0) is 26.3 Å². The van der Waals surface area contributed by atoms with Crippen molar-refractivity contribution in [3.63, 3.8) is 0 Å². The Labute approximate surface area is 131 Å². The third-order valence-electron chi connectivity index (χ3n) is 4.16. The summed E-state index contributed by atoms with van der Waals surface area (Å²) in [6, 6.07) is 0.587. The Balaban J connectivity index is 2.33. The zero-order valence-corrected chi connectivity index (χ0v) is 14.4. The van der Waals surface area contributed by atoms with E-state index < -0.39 is 0 Å². The van der Waals surface area contributed by atoms with Gasteiger partial charge in [0.15, 0.2) is 0 Å². The molecule has 0 fully saturated rings. The maximum atomic E-state index is 4.53. The van der Waals surface area contributed by atoms with Gasteiger partial charge in [0.05, 0.1) is 0 Å². The van der Waals surface area contributed by atoms with E-state index in [1.54, 1.807) is 0 Å². The topological polar surface area (TPSA) is 29.9 Å². The van der Waals surface area contributed by atoms with Gasteiger partial charge >= 0.3 is 0 Å². The van der Waals surface area contributed by atoms with Gasteiger partial charge in [-0.25, -0.2) is 4.98 Å². The number of aryl methyl sites for hydroxylation is 1. The van der Waals surface area contributed by atoms with E-state index in [1.807, 2.05) is 6.20 Å². The van der Waals surface area contributed by atoms with Crippen LogP contribution in [0.25, 0.3) is 0 Å². The van der Waals surface area contributed by atoms with Crippen molar-refractivity contribution in [3.8, 4) is 0 Å². The summed E-state index contributed by atoms with van der Waals surface area (Å²) in [4.78, 5) is 4.53. The summed E-state index contributed by atoms with van der Waals surface area (Å²) in [6.45, 7) is 8.84. The molecular weight excluding hydrogens is 258 g/mol. The van der Waals surface area contributed by atoms with Crippen molar-refractivity contribution in [2.45, 2.75) is 91.1 Å². The van der Waals surface area contributed by atoms with Crippen molar-refractivity contribution in [2.24, 2.45) is 0 Å². The van der Waals surface area contributed by atoms with Gasteiger partial charge in [-0.15, -0.1) is 0 Å². The van der Waals surface area contributed by atoms with Gasteiger partial charge < -0.3 is 9.88 Å². The molecule has 1 aromatic rings. The summed E-state index contributed by atoms with van der Waals surface area (Å²) in [6.07, 6.45) is 15.8. The lowest BCUT2D eigenvalue weighted by Crippen LogP contribution is -2.32. The molecule has 1 heterocycles. The Morgan fingerprint density at radius 2 is 1.81 bits per heavy atom. The second-order valence-electron chi connectivity index (χ2n) is 6.04. The highest BCUT2D eigenvalue weighted by molar-refractivity contribution is 4.95. The summed E-state index contributed by atoms with van der Waals surface area (Å²) < 4.78 is 2.27. The maximum absolute atomic E-state index is 4.53. The first-order valence-corrected chi connectivity index (χ1v) is 9.05. The lowest BCUT2D eigenvalue weighted by molar-refractivity contribution is 0.438. The molecule has 1 rings (SSSR count). The first-order chi connectivity index (χ1) is 10.3. The normalized spacial score (nSPS) is 12.7. The first kappa shape index (κ1) is 18.2. The molecule has 1 N–H and O–H groups in total. The largest absolute Gasteiger partial charge is 0.335 e. The van der Waals surface area contributed by atoms with Crippen LogP contribution in [0, 0.1) is 0 Å². The van der Waals surface area contributed by atoms with Crippen molar-refractivity contribution in [2.75, 3.05) is 6.54 Å². The Morgan fingerprint density at radius 1 is 1.05 bits per heavy atom. The van der Waals surface area contributed by atoms with Crippen molar-refractivity contribution < 1.29 is 0 Å². The highest BCUT2D eigenvalue weighted by Gasteiger charge is 2.12. The molecule has 3 nitrogen and oxygen atoms in total. The predicted octanol–water partition coefficient (Wildman–Crippen LogP) is 4.56. The van der Waals surface area contributed by atoms with Crippen LogP contribution in [0.3, 0.4) is 0 Å². The monoisotopic (exact) mass is 293 g/mol. The smallest absolute Gasteiger partial charge is 0.110 e. The van der Waals surface area contributed by atoms with Gasteiger partial charge in [-0.3, -0.25) is 0 Å². The molecular formula is C18H35N3. The van der Waals surface area contributed by atoms with Crippen LogP contribution in [0.1, 0.15) is 78.0 Å². The Bertz CT molecular complexity index is 346. The standard InChI is InChI=1S/C18H35N3/c1-4-7-8-9-10-11-12-17(19-13-5-2)16-18-20-14-15-21(18)6-3/h14-15,17,19H,4-13,16H2,1-3H3. The molecule has 0 amide bonds. The van der Waals surface area contributed by atoms with E-state index in [0.717, 1.165) is 19.5 Å². The van der Waals surface area contributed by atoms with E-state index in [-0.39, 0.29) is 0 Å². The molecule has 21 heavy (non-hydrogen) atoms. The molecule has 0 radical (unpaired) electrons. The summed E-state index contributed by atoms with van der Waals surface area (Å²) in [5, 5.41) is 3.71. The first-order valence-electron chi connectivity index (χ1n) is 9.05. The van der Waals surface area contributed by atoms with Gasteiger partial charge in [0.1, 0.15) is 5.82 Å². The van der Waals surface area contributed by atoms with Crippen molar-refractivity contribution >= 4 is 0 Å². The molecule has 1 unspecified atom stereocenters.